The molecule has 0 aromatic carbocycles. The highest BCUT2D eigenvalue weighted by molar-refractivity contribution is 7.88. The van der Waals surface area contributed by atoms with Crippen molar-refractivity contribution in [3.8, 4) is 0 Å². The van der Waals surface area contributed by atoms with Gasteiger partial charge in [-0.3, -0.25) is 9.52 Å². The molecule has 0 unspecified atom stereocenters. The minimum atomic E-state index is -3.30. The summed E-state index contributed by atoms with van der Waals surface area (Å²) in [5.41, 5.74) is 0.726. The zero-order valence-corrected chi connectivity index (χ0v) is 9.89. The number of sulfonamides is 1. The number of carbonyl (C=O) groups is 1. The average molecular weight is 229 g/mol. The van der Waals surface area contributed by atoms with Crippen molar-refractivity contribution in [3.05, 3.63) is 36.1 Å². The maximum atomic E-state index is 11.0. The number of rotatable bonds is 5. The van der Waals surface area contributed by atoms with Crippen molar-refractivity contribution < 1.29 is 13.2 Å². The van der Waals surface area contributed by atoms with E-state index in [1.165, 1.54) is 19.1 Å². The third kappa shape index (κ3) is 6.68. The minimum absolute atomic E-state index is 0.0825. The van der Waals surface area contributed by atoms with Gasteiger partial charge in [0.2, 0.25) is 10.0 Å². The number of allylic oxidation sites excluding steroid dienone is 4. The van der Waals surface area contributed by atoms with Crippen molar-refractivity contribution in [3.63, 3.8) is 0 Å². The van der Waals surface area contributed by atoms with Crippen LogP contribution in [0.5, 0.6) is 0 Å². The van der Waals surface area contributed by atoms with Crippen LogP contribution < -0.4 is 4.72 Å². The summed E-state index contributed by atoms with van der Waals surface area (Å²) in [4.78, 5) is 11.0. The van der Waals surface area contributed by atoms with E-state index >= 15 is 0 Å². The standard InChI is InChI=1S/C10H15NO3S/c1-5-10(9(3)12)7-6-8(2)11-15(4,13)14/h5-7,11H,2H2,1,3-4H3/b7-6-,10-5+. The Morgan fingerprint density at radius 3 is 2.20 bits per heavy atom. The van der Waals surface area contributed by atoms with Crippen LogP contribution >= 0.6 is 0 Å². The summed E-state index contributed by atoms with van der Waals surface area (Å²) in [6, 6.07) is 0. The zero-order valence-electron chi connectivity index (χ0n) is 9.07. The largest absolute Gasteiger partial charge is 0.295 e. The lowest BCUT2D eigenvalue weighted by atomic mass is 10.1. The van der Waals surface area contributed by atoms with Crippen LogP contribution in [0.15, 0.2) is 36.1 Å². The SMILES string of the molecule is C=C(/C=C\C(=C/C)C(C)=O)NS(C)(=O)=O. The fourth-order valence-electron chi connectivity index (χ4n) is 0.879. The Bertz CT molecular complexity index is 416. The molecule has 0 aromatic heterocycles. The van der Waals surface area contributed by atoms with E-state index in [0.717, 1.165) is 6.26 Å². The summed E-state index contributed by atoms with van der Waals surface area (Å²) in [7, 11) is -3.30. The van der Waals surface area contributed by atoms with Gasteiger partial charge in [-0.1, -0.05) is 12.7 Å². The van der Waals surface area contributed by atoms with Gasteiger partial charge >= 0.3 is 0 Å². The van der Waals surface area contributed by atoms with Crippen LogP contribution in [0.25, 0.3) is 0 Å². The van der Waals surface area contributed by atoms with Gasteiger partial charge in [0, 0.05) is 11.3 Å². The molecule has 0 heterocycles. The van der Waals surface area contributed by atoms with Gasteiger partial charge in [0.05, 0.1) is 6.26 Å². The summed E-state index contributed by atoms with van der Waals surface area (Å²) in [6.07, 6.45) is 5.64. The summed E-state index contributed by atoms with van der Waals surface area (Å²) < 4.78 is 23.8. The predicted molar refractivity (Wildman–Crippen MR) is 60.7 cm³/mol. The molecule has 15 heavy (non-hydrogen) atoms. The van der Waals surface area contributed by atoms with E-state index in [2.05, 4.69) is 11.3 Å². The van der Waals surface area contributed by atoms with Crippen LogP contribution in [0.1, 0.15) is 13.8 Å². The Balaban J connectivity index is 4.55. The quantitative estimate of drug-likeness (QED) is 0.568. The van der Waals surface area contributed by atoms with Crippen LogP contribution in [0.3, 0.4) is 0 Å². The predicted octanol–water partition coefficient (Wildman–Crippen LogP) is 1.14. The summed E-state index contributed by atoms with van der Waals surface area (Å²) in [5.74, 6) is -0.0825. The molecule has 0 rings (SSSR count). The van der Waals surface area contributed by atoms with Gasteiger partial charge in [-0.25, -0.2) is 8.42 Å². The molecule has 0 aliphatic carbocycles. The molecule has 5 heteroatoms. The molecule has 0 amide bonds. The van der Waals surface area contributed by atoms with Crippen molar-refractivity contribution in [1.82, 2.24) is 4.72 Å². The van der Waals surface area contributed by atoms with Crippen LogP contribution in [0.2, 0.25) is 0 Å². The number of hydrogen-bond acceptors (Lipinski definition) is 3. The smallest absolute Gasteiger partial charge is 0.229 e. The Labute approximate surface area is 90.4 Å². The molecular weight excluding hydrogens is 214 g/mol. The lowest BCUT2D eigenvalue weighted by molar-refractivity contribution is -0.113. The molecule has 0 atom stereocenters. The number of nitrogens with one attached hydrogen (secondary N) is 1. The summed E-state index contributed by atoms with van der Waals surface area (Å²) in [5, 5.41) is 0. The van der Waals surface area contributed by atoms with Gasteiger partial charge in [0.25, 0.3) is 0 Å². The third-order valence-corrected chi connectivity index (χ3v) is 2.13. The Morgan fingerprint density at radius 2 is 1.87 bits per heavy atom. The average Bonchev–Trinajstić information content (AvgIpc) is 2.01. The molecule has 84 valence electrons. The second kappa shape index (κ2) is 5.50. The topological polar surface area (TPSA) is 63.2 Å². The molecule has 4 nitrogen and oxygen atoms in total. The monoisotopic (exact) mass is 229 g/mol. The normalized spacial score (nSPS) is 12.9. The molecule has 0 radical (unpaired) electrons. The molecule has 0 saturated heterocycles. The molecular formula is C10H15NO3S. The van der Waals surface area contributed by atoms with E-state index in [1.54, 1.807) is 13.0 Å². The number of ketones is 1. The molecule has 1 N–H and O–H groups in total. The molecule has 0 aliphatic heterocycles. The van der Waals surface area contributed by atoms with Gasteiger partial charge in [-0.05, 0) is 26.0 Å². The molecule has 0 aliphatic rings. The van der Waals surface area contributed by atoms with Crippen LogP contribution in [-0.4, -0.2) is 20.5 Å². The highest BCUT2D eigenvalue weighted by atomic mass is 32.2. The lowest BCUT2D eigenvalue weighted by Crippen LogP contribution is -2.19. The highest BCUT2D eigenvalue weighted by Crippen LogP contribution is 2.01. The fraction of sp³-hybridized carbons (Fsp3) is 0.300. The van der Waals surface area contributed by atoms with E-state index in [1.807, 2.05) is 0 Å². The van der Waals surface area contributed by atoms with Crippen molar-refractivity contribution in [2.75, 3.05) is 6.26 Å². The molecule has 0 saturated carbocycles. The van der Waals surface area contributed by atoms with Gasteiger partial charge in [-0.2, -0.15) is 0 Å². The van der Waals surface area contributed by atoms with Gasteiger partial charge in [0.1, 0.15) is 0 Å². The number of Topliss-reactive ketones (excluding diaryl/α,β-unsaturated/α-hetero) is 1. The first kappa shape index (κ1) is 13.6. The van der Waals surface area contributed by atoms with Crippen molar-refractivity contribution in [2.24, 2.45) is 0 Å². The van der Waals surface area contributed by atoms with Gasteiger partial charge in [-0.15, -0.1) is 0 Å². The first-order valence-corrected chi connectivity index (χ1v) is 6.17. The summed E-state index contributed by atoms with van der Waals surface area (Å²) >= 11 is 0. The van der Waals surface area contributed by atoms with Crippen LogP contribution in [0.4, 0.5) is 0 Å². The Hall–Kier alpha value is -1.36. The summed E-state index contributed by atoms with van der Waals surface area (Å²) in [6.45, 7) is 6.66. The van der Waals surface area contributed by atoms with Gasteiger partial charge in [0.15, 0.2) is 5.78 Å². The second-order valence-electron chi connectivity index (χ2n) is 3.03. The van der Waals surface area contributed by atoms with E-state index in [0.29, 0.717) is 5.57 Å². The lowest BCUT2D eigenvalue weighted by Gasteiger charge is -2.01. The fourth-order valence-corrected chi connectivity index (χ4v) is 1.42. The van der Waals surface area contributed by atoms with Gasteiger partial charge < -0.3 is 0 Å². The molecule has 0 bridgehead atoms. The highest BCUT2D eigenvalue weighted by Gasteiger charge is 2.00. The van der Waals surface area contributed by atoms with E-state index in [9.17, 15) is 13.2 Å². The first-order chi connectivity index (χ1) is 6.76. The van der Waals surface area contributed by atoms with E-state index in [4.69, 9.17) is 0 Å². The zero-order chi connectivity index (χ0) is 12.1. The third-order valence-electron chi connectivity index (χ3n) is 1.50. The minimum Gasteiger partial charge on any atom is -0.295 e. The second-order valence-corrected chi connectivity index (χ2v) is 4.78. The molecule has 0 spiro atoms. The Morgan fingerprint density at radius 1 is 1.33 bits per heavy atom. The van der Waals surface area contributed by atoms with Crippen molar-refractivity contribution >= 4 is 15.8 Å². The van der Waals surface area contributed by atoms with E-state index in [-0.39, 0.29) is 11.5 Å². The van der Waals surface area contributed by atoms with Crippen molar-refractivity contribution in [1.29, 1.82) is 0 Å². The van der Waals surface area contributed by atoms with Crippen LogP contribution in [-0.2, 0) is 14.8 Å². The first-order valence-electron chi connectivity index (χ1n) is 4.28. The van der Waals surface area contributed by atoms with E-state index < -0.39 is 10.0 Å². The number of carbonyl (C=O) groups excluding carboxylic acids is 1. The maximum Gasteiger partial charge on any atom is 0.229 e. The van der Waals surface area contributed by atoms with Crippen molar-refractivity contribution in [2.45, 2.75) is 13.8 Å². The molecule has 0 aromatic rings. The maximum absolute atomic E-state index is 11.0. The van der Waals surface area contributed by atoms with Crippen LogP contribution in [0, 0.1) is 0 Å². The molecule has 0 fully saturated rings. The Kier molecular flexibility index (Phi) is 5.00. The number of hydrogen-bond donors (Lipinski definition) is 1.